The largest absolute Gasteiger partial charge is 0.456 e. The van der Waals surface area contributed by atoms with E-state index in [0.717, 1.165) is 0 Å². The summed E-state index contributed by atoms with van der Waals surface area (Å²) in [6.07, 6.45) is 0.524. The molecule has 2 aromatic rings. The van der Waals surface area contributed by atoms with Crippen molar-refractivity contribution in [3.63, 3.8) is 0 Å². The van der Waals surface area contributed by atoms with Gasteiger partial charge in [0.2, 0.25) is 0 Å². The number of carbonyl (C=O) groups is 2. The van der Waals surface area contributed by atoms with Gasteiger partial charge in [0.15, 0.2) is 16.4 Å². The molecule has 0 spiro atoms. The Morgan fingerprint density at radius 2 is 2.03 bits per heavy atom. The van der Waals surface area contributed by atoms with E-state index < -0.39 is 28.3 Å². The Morgan fingerprint density at radius 3 is 2.71 bits per heavy atom. The van der Waals surface area contributed by atoms with Crippen LogP contribution in [0.15, 0.2) is 29.1 Å². The average molecular weight is 450 g/mol. The van der Waals surface area contributed by atoms with Crippen LogP contribution in [0.1, 0.15) is 32.5 Å². The molecule has 0 radical (unpaired) electrons. The SMILES string of the molecule is CC(C)CN(C(=O)COC(=O)CCc1nc2ccccc2c(=O)[nH]1)[C@H]1CCS(=O)(=O)C1. The molecule has 1 saturated heterocycles. The topological polar surface area (TPSA) is 126 Å². The third kappa shape index (κ3) is 6.13. The van der Waals surface area contributed by atoms with Gasteiger partial charge in [-0.25, -0.2) is 13.4 Å². The third-order valence-electron chi connectivity index (χ3n) is 5.12. The summed E-state index contributed by atoms with van der Waals surface area (Å²) in [5.74, 6) is -0.464. The van der Waals surface area contributed by atoms with Crippen LogP contribution in [0.2, 0.25) is 0 Å². The standard InChI is InChI=1S/C21H27N3O6S/c1-14(2)11-24(15-9-10-31(28,29)13-15)19(25)12-30-20(26)8-7-18-22-17-6-4-3-5-16(17)21(27)23-18/h3-6,14-15H,7-13H2,1-2H3,(H,22,23,27)/t15-/m0/s1. The number of nitrogens with one attached hydrogen (secondary N) is 1. The van der Waals surface area contributed by atoms with Gasteiger partial charge in [0, 0.05) is 19.0 Å². The zero-order valence-corrected chi connectivity index (χ0v) is 18.5. The van der Waals surface area contributed by atoms with Crippen molar-refractivity contribution in [3.8, 4) is 0 Å². The van der Waals surface area contributed by atoms with E-state index >= 15 is 0 Å². The van der Waals surface area contributed by atoms with Gasteiger partial charge in [0.1, 0.15) is 5.82 Å². The predicted molar refractivity (Wildman–Crippen MR) is 115 cm³/mol. The molecule has 10 heteroatoms. The first-order valence-corrected chi connectivity index (χ1v) is 12.1. The molecule has 1 aliphatic heterocycles. The Kier molecular flexibility index (Phi) is 7.09. The maximum atomic E-state index is 12.6. The van der Waals surface area contributed by atoms with Crippen LogP contribution >= 0.6 is 0 Å². The Labute approximate surface area is 180 Å². The first-order chi connectivity index (χ1) is 14.6. The van der Waals surface area contributed by atoms with E-state index in [-0.39, 0.29) is 41.9 Å². The van der Waals surface area contributed by atoms with Gasteiger partial charge >= 0.3 is 5.97 Å². The lowest BCUT2D eigenvalue weighted by Gasteiger charge is -2.29. The lowest BCUT2D eigenvalue weighted by molar-refractivity contribution is -0.153. The van der Waals surface area contributed by atoms with Crippen LogP contribution in [0, 0.1) is 5.92 Å². The van der Waals surface area contributed by atoms with E-state index in [1.54, 1.807) is 24.3 Å². The maximum Gasteiger partial charge on any atom is 0.306 e. The lowest BCUT2D eigenvalue weighted by Crippen LogP contribution is -2.45. The fourth-order valence-corrected chi connectivity index (χ4v) is 5.37. The Hall–Kier alpha value is -2.75. The van der Waals surface area contributed by atoms with Crippen LogP contribution in [0.5, 0.6) is 0 Å². The number of H-pyrrole nitrogens is 1. The van der Waals surface area contributed by atoms with Crippen LogP contribution in [-0.4, -0.2) is 65.9 Å². The molecule has 1 N–H and O–H groups in total. The van der Waals surface area contributed by atoms with Crippen LogP contribution in [0.3, 0.4) is 0 Å². The predicted octanol–water partition coefficient (Wildman–Crippen LogP) is 1.07. The normalized spacial score (nSPS) is 17.7. The number of aryl methyl sites for hydroxylation is 1. The summed E-state index contributed by atoms with van der Waals surface area (Å²) in [5.41, 5.74) is 0.264. The second-order valence-corrected chi connectivity index (χ2v) is 10.4. The maximum absolute atomic E-state index is 12.6. The van der Waals surface area contributed by atoms with Gasteiger partial charge < -0.3 is 14.6 Å². The van der Waals surface area contributed by atoms with Crippen LogP contribution in [0.25, 0.3) is 10.9 Å². The molecular weight excluding hydrogens is 422 g/mol. The first kappa shape index (κ1) is 22.9. The number of rotatable bonds is 8. The van der Waals surface area contributed by atoms with Crippen molar-refractivity contribution in [2.75, 3.05) is 24.7 Å². The summed E-state index contributed by atoms with van der Waals surface area (Å²) in [6, 6.07) is 6.53. The number of aromatic amines is 1. The summed E-state index contributed by atoms with van der Waals surface area (Å²) >= 11 is 0. The van der Waals surface area contributed by atoms with Crippen LogP contribution in [0.4, 0.5) is 0 Å². The van der Waals surface area contributed by atoms with Crippen molar-refractivity contribution in [3.05, 3.63) is 40.4 Å². The van der Waals surface area contributed by atoms with Gasteiger partial charge in [-0.05, 0) is 24.5 Å². The molecule has 0 saturated carbocycles. The monoisotopic (exact) mass is 449 g/mol. The molecule has 0 bridgehead atoms. The molecule has 1 aromatic carbocycles. The van der Waals surface area contributed by atoms with Gasteiger partial charge in [-0.3, -0.25) is 14.4 Å². The number of nitrogens with zero attached hydrogens (tertiary/aromatic N) is 2. The molecule has 0 unspecified atom stereocenters. The number of ether oxygens (including phenoxy) is 1. The highest BCUT2D eigenvalue weighted by Crippen LogP contribution is 2.19. The Morgan fingerprint density at radius 1 is 1.29 bits per heavy atom. The molecule has 168 valence electrons. The molecule has 0 aliphatic carbocycles. The van der Waals surface area contributed by atoms with Gasteiger partial charge in [0.05, 0.1) is 28.8 Å². The second-order valence-electron chi connectivity index (χ2n) is 8.19. The highest BCUT2D eigenvalue weighted by Gasteiger charge is 2.35. The summed E-state index contributed by atoms with van der Waals surface area (Å²) in [6.45, 7) is 3.84. The summed E-state index contributed by atoms with van der Waals surface area (Å²) in [7, 11) is -3.14. The quantitative estimate of drug-likeness (QED) is 0.597. The van der Waals surface area contributed by atoms with Gasteiger partial charge in [-0.15, -0.1) is 0 Å². The fourth-order valence-electron chi connectivity index (χ4n) is 3.64. The number of sulfone groups is 1. The molecule has 1 aliphatic rings. The smallest absolute Gasteiger partial charge is 0.306 e. The number of esters is 1. The van der Waals surface area contributed by atoms with Crippen molar-refractivity contribution < 1.29 is 22.7 Å². The molecule has 2 heterocycles. The molecule has 31 heavy (non-hydrogen) atoms. The highest BCUT2D eigenvalue weighted by atomic mass is 32.2. The van der Waals surface area contributed by atoms with E-state index in [0.29, 0.717) is 29.7 Å². The number of fused-ring (bicyclic) bond motifs is 1. The molecule has 9 nitrogen and oxygen atoms in total. The number of para-hydroxylation sites is 1. The summed E-state index contributed by atoms with van der Waals surface area (Å²) in [5, 5.41) is 0.471. The molecule has 1 aromatic heterocycles. The van der Waals surface area contributed by atoms with E-state index in [1.165, 1.54) is 4.90 Å². The van der Waals surface area contributed by atoms with Crippen LogP contribution in [-0.2, 0) is 30.6 Å². The zero-order chi connectivity index (χ0) is 22.6. The summed E-state index contributed by atoms with van der Waals surface area (Å²) < 4.78 is 28.7. The number of carbonyl (C=O) groups excluding carboxylic acids is 2. The zero-order valence-electron chi connectivity index (χ0n) is 17.7. The molecule has 1 fully saturated rings. The highest BCUT2D eigenvalue weighted by molar-refractivity contribution is 7.91. The lowest BCUT2D eigenvalue weighted by atomic mass is 10.1. The first-order valence-electron chi connectivity index (χ1n) is 10.3. The fraction of sp³-hybridized carbons (Fsp3) is 0.524. The van der Waals surface area contributed by atoms with Gasteiger partial charge in [-0.1, -0.05) is 26.0 Å². The molecule has 3 rings (SSSR count). The van der Waals surface area contributed by atoms with E-state index in [2.05, 4.69) is 9.97 Å². The number of amides is 1. The third-order valence-corrected chi connectivity index (χ3v) is 6.87. The van der Waals surface area contributed by atoms with E-state index in [1.807, 2.05) is 13.8 Å². The van der Waals surface area contributed by atoms with Crippen molar-refractivity contribution in [1.82, 2.24) is 14.9 Å². The molecular formula is C21H27N3O6S. The van der Waals surface area contributed by atoms with E-state index in [4.69, 9.17) is 4.74 Å². The number of aromatic nitrogens is 2. The van der Waals surface area contributed by atoms with Crippen molar-refractivity contribution >= 4 is 32.6 Å². The molecule has 1 atom stereocenters. The number of hydrogen-bond acceptors (Lipinski definition) is 7. The van der Waals surface area contributed by atoms with Gasteiger partial charge in [-0.2, -0.15) is 0 Å². The van der Waals surface area contributed by atoms with E-state index in [9.17, 15) is 22.8 Å². The minimum atomic E-state index is -3.14. The van der Waals surface area contributed by atoms with Gasteiger partial charge in [0.25, 0.3) is 11.5 Å². The van der Waals surface area contributed by atoms with Crippen molar-refractivity contribution in [2.24, 2.45) is 5.92 Å². The number of benzene rings is 1. The molecule has 1 amide bonds. The Balaban J connectivity index is 1.55. The minimum Gasteiger partial charge on any atom is -0.456 e. The van der Waals surface area contributed by atoms with Crippen molar-refractivity contribution in [2.45, 2.75) is 39.2 Å². The van der Waals surface area contributed by atoms with Crippen LogP contribution < -0.4 is 5.56 Å². The minimum absolute atomic E-state index is 0.0451. The summed E-state index contributed by atoms with van der Waals surface area (Å²) in [4.78, 5) is 45.4. The average Bonchev–Trinajstić information content (AvgIpc) is 3.08. The number of hydrogen-bond donors (Lipinski definition) is 1. The van der Waals surface area contributed by atoms with Crippen molar-refractivity contribution in [1.29, 1.82) is 0 Å². The second kappa shape index (κ2) is 9.59. The Bertz CT molecular complexity index is 1130.